The molecule has 0 radical (unpaired) electrons. The van der Waals surface area contributed by atoms with Gasteiger partial charge in [-0.05, 0) is 25.3 Å². The minimum Gasteiger partial charge on any atom is -0.495 e. The first kappa shape index (κ1) is 15.5. The number of nitrogens with one attached hydrogen (secondary N) is 1. The maximum absolute atomic E-state index is 9.02. The number of nitriles is 1. The second-order valence-electron chi connectivity index (χ2n) is 4.55. The Morgan fingerprint density at radius 2 is 1.95 bits per heavy atom. The summed E-state index contributed by atoms with van der Waals surface area (Å²) in [4.78, 5) is 0. The first-order chi connectivity index (χ1) is 10.8. The molecule has 0 saturated carbocycles. The first-order valence-electron chi connectivity index (χ1n) is 6.95. The van der Waals surface area contributed by atoms with E-state index >= 15 is 0 Å². The van der Waals surface area contributed by atoms with Crippen molar-refractivity contribution >= 4 is 0 Å². The summed E-state index contributed by atoms with van der Waals surface area (Å²) in [6.45, 7) is 1.93. The monoisotopic (exact) mass is 294 g/mol. The molecular formula is C18H18N2O2. The molecule has 4 nitrogen and oxygen atoms in total. The van der Waals surface area contributed by atoms with Gasteiger partial charge >= 0.3 is 0 Å². The van der Waals surface area contributed by atoms with E-state index in [1.54, 1.807) is 18.2 Å². The van der Waals surface area contributed by atoms with Crippen LogP contribution in [0.1, 0.15) is 24.3 Å². The lowest BCUT2D eigenvalue weighted by Gasteiger charge is -2.20. The molecule has 22 heavy (non-hydrogen) atoms. The van der Waals surface area contributed by atoms with E-state index in [0.29, 0.717) is 17.1 Å². The minimum atomic E-state index is -0.324. The molecule has 0 amide bonds. The summed E-state index contributed by atoms with van der Waals surface area (Å²) in [6.07, 6.45) is 3.41. The second kappa shape index (κ2) is 7.75. The van der Waals surface area contributed by atoms with Crippen molar-refractivity contribution in [2.24, 2.45) is 0 Å². The first-order valence-corrected chi connectivity index (χ1v) is 6.95. The zero-order valence-corrected chi connectivity index (χ0v) is 12.6. The molecule has 1 unspecified atom stereocenters. The van der Waals surface area contributed by atoms with Crippen molar-refractivity contribution in [1.29, 1.82) is 5.26 Å². The highest BCUT2D eigenvalue weighted by Crippen LogP contribution is 2.27. The molecule has 112 valence electrons. The van der Waals surface area contributed by atoms with Crippen LogP contribution in [0.3, 0.4) is 0 Å². The van der Waals surface area contributed by atoms with Crippen LogP contribution in [0.2, 0.25) is 0 Å². The number of hydrogen-bond acceptors (Lipinski definition) is 4. The molecule has 2 aromatic rings. The van der Waals surface area contributed by atoms with Gasteiger partial charge in [-0.2, -0.15) is 5.26 Å². The molecule has 0 bridgehead atoms. The van der Waals surface area contributed by atoms with Crippen LogP contribution in [0.4, 0.5) is 0 Å². The number of allylic oxidation sites excluding steroid dienone is 1. The van der Waals surface area contributed by atoms with Gasteiger partial charge in [-0.25, -0.2) is 0 Å². The predicted molar refractivity (Wildman–Crippen MR) is 85.5 cm³/mol. The largest absolute Gasteiger partial charge is 0.495 e. The van der Waals surface area contributed by atoms with Gasteiger partial charge in [0.2, 0.25) is 0 Å². The number of hydrogen-bond donors (Lipinski definition) is 1. The van der Waals surface area contributed by atoms with Crippen molar-refractivity contribution in [1.82, 2.24) is 5.32 Å². The van der Waals surface area contributed by atoms with E-state index in [-0.39, 0.29) is 6.23 Å². The molecule has 0 aromatic heterocycles. The highest BCUT2D eigenvalue weighted by atomic mass is 16.5. The lowest BCUT2D eigenvalue weighted by Crippen LogP contribution is -2.21. The summed E-state index contributed by atoms with van der Waals surface area (Å²) in [5.41, 5.74) is 1.48. The van der Waals surface area contributed by atoms with E-state index in [1.165, 1.54) is 7.11 Å². The standard InChI is InChI=1S/C18H18N2O2/c1-3-11-20-18(14-7-5-4-6-8-14)22-16-10-9-15(13-19)17(12-16)21-2/h3-12,18,20H,1-2H3. The van der Waals surface area contributed by atoms with Gasteiger partial charge in [-0.15, -0.1) is 0 Å². The summed E-state index contributed by atoms with van der Waals surface area (Å²) in [5, 5.41) is 12.2. The fourth-order valence-corrected chi connectivity index (χ4v) is 1.98. The quantitative estimate of drug-likeness (QED) is 0.824. The molecule has 1 N–H and O–H groups in total. The molecule has 1 atom stereocenters. The zero-order chi connectivity index (χ0) is 15.8. The fraction of sp³-hybridized carbons (Fsp3) is 0.167. The van der Waals surface area contributed by atoms with Crippen LogP contribution in [0.15, 0.2) is 60.8 Å². The van der Waals surface area contributed by atoms with Crippen molar-refractivity contribution in [2.45, 2.75) is 13.2 Å². The van der Waals surface area contributed by atoms with Gasteiger partial charge in [0.15, 0.2) is 6.23 Å². The molecule has 0 saturated heterocycles. The van der Waals surface area contributed by atoms with Gasteiger partial charge in [-0.3, -0.25) is 0 Å². The topological polar surface area (TPSA) is 54.3 Å². The molecule has 2 rings (SSSR count). The van der Waals surface area contributed by atoms with Crippen molar-refractivity contribution in [2.75, 3.05) is 7.11 Å². The lowest BCUT2D eigenvalue weighted by atomic mass is 10.2. The second-order valence-corrected chi connectivity index (χ2v) is 4.55. The Kier molecular flexibility index (Phi) is 5.44. The Morgan fingerprint density at radius 3 is 2.59 bits per heavy atom. The van der Waals surface area contributed by atoms with E-state index in [1.807, 2.05) is 49.5 Å². The summed E-state index contributed by atoms with van der Waals surface area (Å²) in [5.74, 6) is 1.12. The molecule has 0 spiro atoms. The Morgan fingerprint density at radius 1 is 1.18 bits per heavy atom. The zero-order valence-electron chi connectivity index (χ0n) is 12.6. The molecule has 0 aliphatic carbocycles. The Hall–Kier alpha value is -2.93. The number of methoxy groups -OCH3 is 1. The van der Waals surface area contributed by atoms with Gasteiger partial charge in [-0.1, -0.05) is 36.4 Å². The molecule has 4 heteroatoms. The normalized spacial score (nSPS) is 11.7. The summed E-state index contributed by atoms with van der Waals surface area (Å²) < 4.78 is 11.2. The average molecular weight is 294 g/mol. The van der Waals surface area contributed by atoms with Crippen LogP contribution in [0.25, 0.3) is 0 Å². The maximum Gasteiger partial charge on any atom is 0.195 e. The van der Waals surface area contributed by atoms with Crippen molar-refractivity contribution in [3.05, 3.63) is 71.9 Å². The van der Waals surface area contributed by atoms with Crippen molar-refractivity contribution in [3.63, 3.8) is 0 Å². The Labute approximate surface area is 130 Å². The molecule has 2 aromatic carbocycles. The Bertz CT molecular complexity index is 675. The number of nitrogens with zero attached hydrogens (tertiary/aromatic N) is 1. The average Bonchev–Trinajstić information content (AvgIpc) is 2.59. The number of rotatable bonds is 6. The minimum absolute atomic E-state index is 0.324. The van der Waals surface area contributed by atoms with Crippen molar-refractivity contribution < 1.29 is 9.47 Å². The van der Waals surface area contributed by atoms with E-state index in [4.69, 9.17) is 14.7 Å². The van der Waals surface area contributed by atoms with Crippen LogP contribution in [0.5, 0.6) is 11.5 Å². The van der Waals surface area contributed by atoms with E-state index in [2.05, 4.69) is 11.4 Å². The predicted octanol–water partition coefficient (Wildman–Crippen LogP) is 3.77. The van der Waals surface area contributed by atoms with Gasteiger partial charge in [0.05, 0.1) is 12.7 Å². The SMILES string of the molecule is CC=CNC(Oc1ccc(C#N)c(OC)c1)c1ccccc1. The van der Waals surface area contributed by atoms with Gasteiger partial charge in [0.1, 0.15) is 17.6 Å². The van der Waals surface area contributed by atoms with Gasteiger partial charge in [0.25, 0.3) is 0 Å². The highest BCUT2D eigenvalue weighted by Gasteiger charge is 2.12. The third kappa shape index (κ3) is 3.80. The lowest BCUT2D eigenvalue weighted by molar-refractivity contribution is 0.183. The van der Waals surface area contributed by atoms with Crippen LogP contribution in [-0.2, 0) is 0 Å². The summed E-state index contributed by atoms with van der Waals surface area (Å²) >= 11 is 0. The third-order valence-corrected chi connectivity index (χ3v) is 3.06. The van der Waals surface area contributed by atoms with Crippen LogP contribution < -0.4 is 14.8 Å². The molecule has 0 fully saturated rings. The molecule has 0 aliphatic heterocycles. The smallest absolute Gasteiger partial charge is 0.195 e. The highest BCUT2D eigenvalue weighted by molar-refractivity contribution is 5.47. The van der Waals surface area contributed by atoms with Crippen LogP contribution in [0, 0.1) is 11.3 Å². The van der Waals surface area contributed by atoms with Crippen LogP contribution in [-0.4, -0.2) is 7.11 Å². The van der Waals surface area contributed by atoms with Gasteiger partial charge < -0.3 is 14.8 Å². The summed E-state index contributed by atoms with van der Waals surface area (Å²) in [6, 6.07) is 17.1. The number of ether oxygens (including phenoxy) is 2. The summed E-state index contributed by atoms with van der Waals surface area (Å²) in [7, 11) is 1.53. The molecule has 0 heterocycles. The fourth-order valence-electron chi connectivity index (χ4n) is 1.98. The Balaban J connectivity index is 2.26. The third-order valence-electron chi connectivity index (χ3n) is 3.06. The van der Waals surface area contributed by atoms with E-state index < -0.39 is 0 Å². The van der Waals surface area contributed by atoms with Crippen LogP contribution >= 0.6 is 0 Å². The molecule has 0 aliphatic rings. The van der Waals surface area contributed by atoms with Gasteiger partial charge in [0, 0.05) is 11.6 Å². The van der Waals surface area contributed by atoms with E-state index in [0.717, 1.165) is 5.56 Å². The maximum atomic E-state index is 9.02. The molecular weight excluding hydrogens is 276 g/mol. The van der Waals surface area contributed by atoms with E-state index in [9.17, 15) is 0 Å². The van der Waals surface area contributed by atoms with Crippen molar-refractivity contribution in [3.8, 4) is 17.6 Å². The number of benzene rings is 2.